The van der Waals surface area contributed by atoms with Gasteiger partial charge in [-0.2, -0.15) is 13.2 Å². The molecule has 0 fully saturated rings. The molecule has 2 aromatic carbocycles. The molecule has 0 saturated heterocycles. The highest BCUT2D eigenvalue weighted by Gasteiger charge is 2.33. The Bertz CT molecular complexity index is 865. The molecule has 1 heterocycles. The van der Waals surface area contributed by atoms with Gasteiger partial charge in [0.05, 0.1) is 16.9 Å². The van der Waals surface area contributed by atoms with Crippen LogP contribution < -0.4 is 4.90 Å². The predicted octanol–water partition coefficient (Wildman–Crippen LogP) is 5.65. The van der Waals surface area contributed by atoms with Crippen LogP contribution in [0.4, 0.5) is 24.5 Å². The summed E-state index contributed by atoms with van der Waals surface area (Å²) >= 11 is 0. The summed E-state index contributed by atoms with van der Waals surface area (Å²) in [5.41, 5.74) is 3.36. The van der Waals surface area contributed by atoms with Crippen molar-refractivity contribution in [1.82, 2.24) is 0 Å². The van der Waals surface area contributed by atoms with Gasteiger partial charge in [0, 0.05) is 18.1 Å². The van der Waals surface area contributed by atoms with Gasteiger partial charge in [-0.3, -0.25) is 9.69 Å². The van der Waals surface area contributed by atoms with Crippen LogP contribution in [0.2, 0.25) is 0 Å². The van der Waals surface area contributed by atoms with Gasteiger partial charge in [0.25, 0.3) is 0 Å². The number of halogens is 3. The van der Waals surface area contributed by atoms with Crippen molar-refractivity contribution in [2.75, 3.05) is 4.90 Å². The molecule has 1 aliphatic rings. The fourth-order valence-electron chi connectivity index (χ4n) is 3.07. The smallest absolute Gasteiger partial charge is 0.280 e. The first-order valence-corrected chi connectivity index (χ1v) is 7.51. The number of carbonyl (C=O) groups is 1. The molecule has 0 spiro atoms. The van der Waals surface area contributed by atoms with E-state index in [-0.39, 0.29) is 11.6 Å². The fraction of sp³-hybridized carbons (Fsp3) is 0.211. The van der Waals surface area contributed by atoms with Crippen molar-refractivity contribution in [3.05, 3.63) is 59.2 Å². The number of hydrogen-bond donors (Lipinski definition) is 0. The fourth-order valence-corrected chi connectivity index (χ4v) is 3.07. The van der Waals surface area contributed by atoms with Gasteiger partial charge >= 0.3 is 6.18 Å². The number of benzene rings is 2. The molecule has 24 heavy (non-hydrogen) atoms. The SMILES string of the molecule is CC(=O)N1c2ccccc2C(C)=C(C)c2ccc(C(F)(F)F)cc21. The Kier molecular flexibility index (Phi) is 3.74. The number of fused-ring (bicyclic) bond motifs is 2. The van der Waals surface area contributed by atoms with E-state index in [0.29, 0.717) is 11.3 Å². The van der Waals surface area contributed by atoms with Crippen molar-refractivity contribution in [3.63, 3.8) is 0 Å². The second kappa shape index (κ2) is 5.51. The monoisotopic (exact) mass is 331 g/mol. The maximum Gasteiger partial charge on any atom is 0.416 e. The van der Waals surface area contributed by atoms with Gasteiger partial charge in [-0.05, 0) is 43.2 Å². The van der Waals surface area contributed by atoms with Gasteiger partial charge in [0.1, 0.15) is 0 Å². The molecule has 0 aromatic heterocycles. The normalized spacial score (nSPS) is 14.2. The maximum atomic E-state index is 13.1. The van der Waals surface area contributed by atoms with Crippen LogP contribution in [0.15, 0.2) is 42.5 Å². The van der Waals surface area contributed by atoms with Gasteiger partial charge < -0.3 is 0 Å². The van der Waals surface area contributed by atoms with Crippen molar-refractivity contribution in [2.24, 2.45) is 0 Å². The van der Waals surface area contributed by atoms with E-state index in [9.17, 15) is 18.0 Å². The number of carbonyl (C=O) groups excluding carboxylic acids is 1. The Balaban J connectivity index is 2.39. The van der Waals surface area contributed by atoms with E-state index in [2.05, 4.69) is 0 Å². The maximum absolute atomic E-state index is 13.1. The molecular formula is C19H16F3NO. The summed E-state index contributed by atoms with van der Waals surface area (Å²) in [6.45, 7) is 5.14. The molecule has 0 bridgehead atoms. The quantitative estimate of drug-likeness (QED) is 0.610. The topological polar surface area (TPSA) is 20.3 Å². The summed E-state index contributed by atoms with van der Waals surface area (Å²) in [7, 11) is 0. The highest BCUT2D eigenvalue weighted by Crippen LogP contribution is 2.45. The second-order valence-corrected chi connectivity index (χ2v) is 5.85. The molecule has 3 rings (SSSR count). The zero-order valence-electron chi connectivity index (χ0n) is 13.5. The van der Waals surface area contributed by atoms with Gasteiger partial charge in [-0.1, -0.05) is 24.3 Å². The zero-order valence-corrected chi connectivity index (χ0v) is 13.5. The highest BCUT2D eigenvalue weighted by atomic mass is 19.4. The van der Waals surface area contributed by atoms with E-state index in [1.165, 1.54) is 17.9 Å². The lowest BCUT2D eigenvalue weighted by Gasteiger charge is -2.25. The second-order valence-electron chi connectivity index (χ2n) is 5.85. The predicted molar refractivity (Wildman–Crippen MR) is 88.9 cm³/mol. The summed E-state index contributed by atoms with van der Waals surface area (Å²) < 4.78 is 39.4. The first-order chi connectivity index (χ1) is 11.2. The first kappa shape index (κ1) is 16.3. The molecule has 0 saturated carbocycles. The number of allylic oxidation sites excluding steroid dienone is 2. The van der Waals surface area contributed by atoms with Crippen molar-refractivity contribution >= 4 is 28.4 Å². The number of alkyl halides is 3. The summed E-state index contributed by atoms with van der Waals surface area (Å²) in [6.07, 6.45) is -4.46. The van der Waals surface area contributed by atoms with E-state index in [1.54, 1.807) is 12.1 Å². The van der Waals surface area contributed by atoms with Crippen LogP contribution >= 0.6 is 0 Å². The number of hydrogen-bond acceptors (Lipinski definition) is 1. The van der Waals surface area contributed by atoms with Crippen LogP contribution in [-0.4, -0.2) is 5.91 Å². The van der Waals surface area contributed by atoms with Crippen LogP contribution in [-0.2, 0) is 11.0 Å². The summed E-state index contributed by atoms with van der Waals surface area (Å²) in [4.78, 5) is 13.6. The third-order valence-corrected chi connectivity index (χ3v) is 4.40. The third kappa shape index (κ3) is 2.50. The zero-order chi connectivity index (χ0) is 17.6. The number of nitrogens with zero attached hydrogens (tertiary/aromatic N) is 1. The van der Waals surface area contributed by atoms with Crippen molar-refractivity contribution in [2.45, 2.75) is 26.9 Å². The molecular weight excluding hydrogens is 315 g/mol. The lowest BCUT2D eigenvalue weighted by Crippen LogP contribution is -2.24. The molecule has 1 aliphatic heterocycles. The van der Waals surface area contributed by atoms with Gasteiger partial charge in [-0.25, -0.2) is 0 Å². The highest BCUT2D eigenvalue weighted by molar-refractivity contribution is 6.09. The molecule has 2 aromatic rings. The van der Waals surface area contributed by atoms with Crippen LogP contribution in [0.5, 0.6) is 0 Å². The molecule has 2 nitrogen and oxygen atoms in total. The van der Waals surface area contributed by atoms with Crippen molar-refractivity contribution in [3.8, 4) is 0 Å². The summed E-state index contributed by atoms with van der Waals surface area (Å²) in [6, 6.07) is 10.8. The average Bonchev–Trinajstić information content (AvgIpc) is 2.61. The largest absolute Gasteiger partial charge is 0.416 e. The Morgan fingerprint density at radius 3 is 2.08 bits per heavy atom. The van der Waals surface area contributed by atoms with Crippen LogP contribution in [0.25, 0.3) is 11.1 Å². The first-order valence-electron chi connectivity index (χ1n) is 7.51. The molecule has 5 heteroatoms. The minimum atomic E-state index is -4.46. The average molecular weight is 331 g/mol. The molecule has 1 amide bonds. The van der Waals surface area contributed by atoms with Gasteiger partial charge in [-0.15, -0.1) is 0 Å². The van der Waals surface area contributed by atoms with Crippen LogP contribution in [0, 0.1) is 0 Å². The van der Waals surface area contributed by atoms with E-state index < -0.39 is 11.7 Å². The number of rotatable bonds is 0. The Labute approximate surface area is 138 Å². The minimum absolute atomic E-state index is 0.263. The van der Waals surface area contributed by atoms with Gasteiger partial charge in [0.15, 0.2) is 0 Å². The number of para-hydroxylation sites is 1. The summed E-state index contributed by atoms with van der Waals surface area (Å²) in [5.74, 6) is -0.328. The van der Waals surface area contributed by atoms with Gasteiger partial charge in [0.2, 0.25) is 5.91 Å². The van der Waals surface area contributed by atoms with E-state index >= 15 is 0 Å². The van der Waals surface area contributed by atoms with Crippen molar-refractivity contribution in [1.29, 1.82) is 0 Å². The molecule has 0 N–H and O–H groups in total. The summed E-state index contributed by atoms with van der Waals surface area (Å²) in [5, 5.41) is 0. The Morgan fingerprint density at radius 1 is 0.917 bits per heavy atom. The lowest BCUT2D eigenvalue weighted by atomic mass is 9.96. The molecule has 124 valence electrons. The molecule has 0 radical (unpaired) electrons. The Hall–Kier alpha value is -2.56. The molecule has 0 aliphatic carbocycles. The van der Waals surface area contributed by atoms with E-state index in [1.807, 2.05) is 26.0 Å². The minimum Gasteiger partial charge on any atom is -0.280 e. The molecule has 0 atom stereocenters. The number of anilines is 2. The molecule has 0 unspecified atom stereocenters. The standard InChI is InChI=1S/C19H16F3NO/c1-11-12(2)16-9-8-14(19(20,21)22)10-18(16)23(13(3)24)17-7-5-4-6-15(11)17/h4-10H,1-3H3. The Morgan fingerprint density at radius 2 is 1.50 bits per heavy atom. The van der Waals surface area contributed by atoms with Crippen LogP contribution in [0.1, 0.15) is 37.5 Å². The van der Waals surface area contributed by atoms with E-state index in [0.717, 1.165) is 28.8 Å². The van der Waals surface area contributed by atoms with E-state index in [4.69, 9.17) is 0 Å². The number of amides is 1. The third-order valence-electron chi connectivity index (χ3n) is 4.40. The lowest BCUT2D eigenvalue weighted by molar-refractivity contribution is -0.137. The van der Waals surface area contributed by atoms with Crippen LogP contribution in [0.3, 0.4) is 0 Å². The van der Waals surface area contributed by atoms with Crippen molar-refractivity contribution < 1.29 is 18.0 Å².